The number of halogens is 2. The minimum Gasteiger partial charge on any atom is -0.386 e. The molecule has 0 aromatic heterocycles. The van der Waals surface area contributed by atoms with Crippen molar-refractivity contribution in [1.29, 1.82) is 0 Å². The van der Waals surface area contributed by atoms with Gasteiger partial charge in [0.15, 0.2) is 0 Å². The summed E-state index contributed by atoms with van der Waals surface area (Å²) in [4.78, 5) is 20.1. The van der Waals surface area contributed by atoms with Gasteiger partial charge in [-0.15, -0.1) is 0 Å². The van der Waals surface area contributed by atoms with E-state index >= 15 is 0 Å². The number of hydrogen-bond acceptors (Lipinski definition) is 6. The number of nitrogens with one attached hydrogen (secondary N) is 1. The second-order valence-corrected chi connectivity index (χ2v) is 11.1. The van der Waals surface area contributed by atoms with Crippen molar-refractivity contribution in [3.63, 3.8) is 0 Å². The molecule has 3 atom stereocenters. The van der Waals surface area contributed by atoms with E-state index in [1.165, 1.54) is 0 Å². The zero-order valence-corrected chi connectivity index (χ0v) is 22.6. The van der Waals surface area contributed by atoms with Crippen molar-refractivity contribution in [3.8, 4) is 0 Å². The maximum Gasteiger partial charge on any atom is 0.225 e. The van der Waals surface area contributed by atoms with Crippen LogP contribution in [0, 0.1) is 5.92 Å². The van der Waals surface area contributed by atoms with Gasteiger partial charge in [0.2, 0.25) is 5.91 Å². The van der Waals surface area contributed by atoms with Crippen LogP contribution in [0.25, 0.3) is 0 Å². The maximum atomic E-state index is 13.4. The first-order valence-electron chi connectivity index (χ1n) is 13.3. The van der Waals surface area contributed by atoms with Gasteiger partial charge in [0.25, 0.3) is 0 Å². The van der Waals surface area contributed by atoms with Gasteiger partial charge in [0.1, 0.15) is 6.10 Å². The molecule has 3 aliphatic heterocycles. The highest BCUT2D eigenvalue weighted by molar-refractivity contribution is 6.33. The fraction of sp³-hybridized carbons (Fsp3) is 0.536. The Labute approximate surface area is 229 Å². The monoisotopic (exact) mass is 546 g/mol. The van der Waals surface area contributed by atoms with Crippen molar-refractivity contribution >= 4 is 40.5 Å². The van der Waals surface area contributed by atoms with Gasteiger partial charge < -0.3 is 29.9 Å². The zero-order valence-electron chi connectivity index (χ0n) is 21.1. The Morgan fingerprint density at radius 2 is 1.73 bits per heavy atom. The molecular weight excluding hydrogens is 511 g/mol. The number of aliphatic hydroxyl groups excluding tert-OH is 1. The van der Waals surface area contributed by atoms with Crippen LogP contribution in [-0.4, -0.2) is 81.0 Å². The van der Waals surface area contributed by atoms with Gasteiger partial charge in [-0.1, -0.05) is 29.3 Å². The van der Waals surface area contributed by atoms with E-state index in [1.54, 1.807) is 0 Å². The van der Waals surface area contributed by atoms with E-state index in [-0.39, 0.29) is 11.8 Å². The van der Waals surface area contributed by atoms with Crippen molar-refractivity contribution in [3.05, 3.63) is 58.1 Å². The number of nitrogens with zero attached hydrogens (tertiary/aromatic N) is 3. The lowest BCUT2D eigenvalue weighted by Gasteiger charge is -2.31. The van der Waals surface area contributed by atoms with E-state index in [0.29, 0.717) is 36.3 Å². The molecule has 200 valence electrons. The van der Waals surface area contributed by atoms with E-state index in [4.69, 9.17) is 27.9 Å². The molecule has 7 nitrogen and oxygen atoms in total. The van der Waals surface area contributed by atoms with Crippen molar-refractivity contribution < 1.29 is 14.6 Å². The Hall–Kier alpha value is -2.03. The summed E-state index contributed by atoms with van der Waals surface area (Å²) in [5.74, 6) is -0.132. The molecule has 3 aliphatic rings. The molecule has 0 spiro atoms. The molecule has 9 heteroatoms. The molecule has 0 bridgehead atoms. The number of amides is 1. The average Bonchev–Trinajstić information content (AvgIpc) is 3.61. The van der Waals surface area contributed by atoms with Gasteiger partial charge in [0.05, 0.1) is 35.9 Å². The number of carbonyl (C=O) groups excluding carboxylic acids is 1. The summed E-state index contributed by atoms with van der Waals surface area (Å²) >= 11 is 12.7. The van der Waals surface area contributed by atoms with Crippen LogP contribution in [0.15, 0.2) is 42.5 Å². The number of morpholine rings is 1. The van der Waals surface area contributed by atoms with Gasteiger partial charge in [-0.2, -0.15) is 0 Å². The Bertz CT molecular complexity index is 1060. The first-order chi connectivity index (χ1) is 18.0. The standard InChI is InChI=1S/C28H36Cl2N4O3/c29-22-4-6-23(7-5-22)34-12-9-21(18-34)28(36)31-25(19-32-10-1-2-11-32)27(35)20-3-8-26(24(30)17-20)33-13-15-37-16-14-33/h3-8,17,21,25,27,35H,1-2,9-16,18-19H2,(H,31,36)/t21-,25+,27+/m0/s1. The molecule has 2 aromatic carbocycles. The highest BCUT2D eigenvalue weighted by Crippen LogP contribution is 2.31. The molecule has 0 radical (unpaired) electrons. The number of anilines is 2. The van der Waals surface area contributed by atoms with Crippen molar-refractivity contribution in [2.45, 2.75) is 31.4 Å². The first kappa shape index (κ1) is 26.6. The second kappa shape index (κ2) is 12.2. The molecule has 3 heterocycles. The van der Waals surface area contributed by atoms with Crippen LogP contribution in [0.2, 0.25) is 10.0 Å². The van der Waals surface area contributed by atoms with Gasteiger partial charge in [-0.25, -0.2) is 0 Å². The Kier molecular flexibility index (Phi) is 8.78. The molecule has 1 amide bonds. The molecule has 0 unspecified atom stereocenters. The zero-order chi connectivity index (χ0) is 25.8. The van der Waals surface area contributed by atoms with Gasteiger partial charge in [0, 0.05) is 43.4 Å². The Morgan fingerprint density at radius 1 is 1.00 bits per heavy atom. The predicted molar refractivity (Wildman–Crippen MR) is 149 cm³/mol. The van der Waals surface area contributed by atoms with Crippen molar-refractivity contribution in [2.24, 2.45) is 5.92 Å². The van der Waals surface area contributed by atoms with E-state index in [0.717, 1.165) is 68.9 Å². The summed E-state index contributed by atoms with van der Waals surface area (Å²) in [6.45, 7) is 7.02. The summed E-state index contributed by atoms with van der Waals surface area (Å²) < 4.78 is 5.46. The molecule has 0 aliphatic carbocycles. The Balaban J connectivity index is 1.27. The highest BCUT2D eigenvalue weighted by Gasteiger charge is 2.33. The van der Waals surface area contributed by atoms with E-state index in [9.17, 15) is 9.90 Å². The van der Waals surface area contributed by atoms with Crippen LogP contribution in [0.4, 0.5) is 11.4 Å². The number of rotatable bonds is 8. The van der Waals surface area contributed by atoms with Crippen LogP contribution >= 0.6 is 23.2 Å². The van der Waals surface area contributed by atoms with Gasteiger partial charge in [-0.05, 0) is 74.3 Å². The lowest BCUT2D eigenvalue weighted by molar-refractivity contribution is -0.126. The molecule has 3 saturated heterocycles. The molecule has 5 rings (SSSR count). The third-order valence-electron chi connectivity index (χ3n) is 7.78. The number of ether oxygens (including phenoxy) is 1. The summed E-state index contributed by atoms with van der Waals surface area (Å²) in [6.07, 6.45) is 2.22. The summed E-state index contributed by atoms with van der Waals surface area (Å²) in [7, 11) is 0. The molecule has 3 fully saturated rings. The number of likely N-dealkylation sites (tertiary alicyclic amines) is 1. The predicted octanol–water partition coefficient (Wildman–Crippen LogP) is 3.97. The highest BCUT2D eigenvalue weighted by atomic mass is 35.5. The maximum absolute atomic E-state index is 13.4. The van der Waals surface area contributed by atoms with Crippen molar-refractivity contribution in [1.82, 2.24) is 10.2 Å². The molecule has 37 heavy (non-hydrogen) atoms. The number of benzene rings is 2. The molecular formula is C28H36Cl2N4O3. The number of aliphatic hydroxyl groups is 1. The molecule has 0 saturated carbocycles. The SMILES string of the molecule is O=C(N[C@H](CN1CCCC1)[C@H](O)c1ccc(N2CCOCC2)c(Cl)c1)[C@H]1CCN(c2ccc(Cl)cc2)C1. The first-order valence-corrected chi connectivity index (χ1v) is 14.1. The summed E-state index contributed by atoms with van der Waals surface area (Å²) in [5, 5.41) is 16.0. The fourth-order valence-electron chi connectivity index (χ4n) is 5.63. The lowest BCUT2D eigenvalue weighted by atomic mass is 9.99. The lowest BCUT2D eigenvalue weighted by Crippen LogP contribution is -2.48. The topological polar surface area (TPSA) is 68.3 Å². The minimum absolute atomic E-state index is 0.00394. The molecule has 2 aromatic rings. The Morgan fingerprint density at radius 3 is 2.43 bits per heavy atom. The van der Waals surface area contributed by atoms with Gasteiger partial charge in [-0.3, -0.25) is 4.79 Å². The van der Waals surface area contributed by atoms with Crippen LogP contribution in [-0.2, 0) is 9.53 Å². The van der Waals surface area contributed by atoms with E-state index in [2.05, 4.69) is 20.0 Å². The van der Waals surface area contributed by atoms with E-state index < -0.39 is 12.1 Å². The third-order valence-corrected chi connectivity index (χ3v) is 8.33. The quantitative estimate of drug-likeness (QED) is 0.522. The van der Waals surface area contributed by atoms with Gasteiger partial charge >= 0.3 is 0 Å². The van der Waals surface area contributed by atoms with E-state index in [1.807, 2.05) is 42.5 Å². The minimum atomic E-state index is -0.852. The summed E-state index contributed by atoms with van der Waals surface area (Å²) in [5.41, 5.74) is 2.75. The smallest absolute Gasteiger partial charge is 0.225 e. The largest absolute Gasteiger partial charge is 0.386 e. The van der Waals surface area contributed by atoms with Crippen LogP contribution < -0.4 is 15.1 Å². The third kappa shape index (κ3) is 6.52. The number of carbonyl (C=O) groups is 1. The fourth-order valence-corrected chi connectivity index (χ4v) is 6.06. The van der Waals surface area contributed by atoms with Crippen LogP contribution in [0.1, 0.15) is 30.9 Å². The average molecular weight is 548 g/mol. The normalized spacial score (nSPS) is 22.3. The number of hydrogen-bond donors (Lipinski definition) is 2. The second-order valence-electron chi connectivity index (χ2n) is 10.3. The van der Waals surface area contributed by atoms with Crippen LogP contribution in [0.5, 0.6) is 0 Å². The summed E-state index contributed by atoms with van der Waals surface area (Å²) in [6, 6.07) is 13.1. The van der Waals surface area contributed by atoms with Crippen molar-refractivity contribution in [2.75, 3.05) is 68.8 Å². The van der Waals surface area contributed by atoms with Crippen LogP contribution in [0.3, 0.4) is 0 Å². The molecule has 2 N–H and O–H groups in total.